The Bertz CT molecular complexity index is 528. The quantitative estimate of drug-likeness (QED) is 0.824. The van der Waals surface area contributed by atoms with Crippen LogP contribution in [0, 0.1) is 0 Å². The molecular formula is C15H20N2O3. The number of methoxy groups -OCH3 is 1. The summed E-state index contributed by atoms with van der Waals surface area (Å²) in [5.41, 5.74) is 6.98. The zero-order chi connectivity index (χ0) is 14.7. The third-order valence-corrected chi connectivity index (χ3v) is 3.75. The summed E-state index contributed by atoms with van der Waals surface area (Å²) >= 11 is 0. The molecule has 1 aromatic rings. The standard InChI is InChI=1S/C15H20N2O3/c1-10(18)11-5-6-14(20-2)12(8-11)9-17-7-3-4-13(17)15(16)19/h5-6,8,13H,3-4,7,9H2,1-2H3,(H2,16,19). The summed E-state index contributed by atoms with van der Waals surface area (Å²) in [6.07, 6.45) is 1.76. The number of hydrogen-bond donors (Lipinski definition) is 1. The number of amides is 1. The summed E-state index contributed by atoms with van der Waals surface area (Å²) in [4.78, 5) is 25.0. The fourth-order valence-corrected chi connectivity index (χ4v) is 2.68. The summed E-state index contributed by atoms with van der Waals surface area (Å²) in [7, 11) is 1.60. The molecule has 1 aromatic carbocycles. The van der Waals surface area contributed by atoms with E-state index in [1.807, 2.05) is 11.0 Å². The number of likely N-dealkylation sites (tertiary alicyclic amines) is 1. The second kappa shape index (κ2) is 6.05. The fraction of sp³-hybridized carbons (Fsp3) is 0.467. The van der Waals surface area contributed by atoms with Gasteiger partial charge in [-0.3, -0.25) is 14.5 Å². The molecule has 20 heavy (non-hydrogen) atoms. The fourth-order valence-electron chi connectivity index (χ4n) is 2.68. The Labute approximate surface area is 118 Å². The van der Waals surface area contributed by atoms with Crippen molar-refractivity contribution in [3.63, 3.8) is 0 Å². The lowest BCUT2D eigenvalue weighted by atomic mass is 10.1. The molecule has 1 aliphatic rings. The van der Waals surface area contributed by atoms with Gasteiger partial charge in [0.15, 0.2) is 5.78 Å². The molecule has 2 N–H and O–H groups in total. The van der Waals surface area contributed by atoms with Gasteiger partial charge in [0, 0.05) is 17.7 Å². The van der Waals surface area contributed by atoms with Crippen LogP contribution in [0.3, 0.4) is 0 Å². The first-order valence-electron chi connectivity index (χ1n) is 6.74. The van der Waals surface area contributed by atoms with Crippen LogP contribution in [0.15, 0.2) is 18.2 Å². The Balaban J connectivity index is 2.25. The van der Waals surface area contributed by atoms with Gasteiger partial charge in [-0.15, -0.1) is 0 Å². The van der Waals surface area contributed by atoms with E-state index >= 15 is 0 Å². The van der Waals surface area contributed by atoms with Crippen molar-refractivity contribution in [3.05, 3.63) is 29.3 Å². The van der Waals surface area contributed by atoms with Gasteiger partial charge >= 0.3 is 0 Å². The van der Waals surface area contributed by atoms with Gasteiger partial charge in [0.1, 0.15) is 5.75 Å². The number of ketones is 1. The van der Waals surface area contributed by atoms with Gasteiger partial charge in [0.05, 0.1) is 13.2 Å². The van der Waals surface area contributed by atoms with Gasteiger partial charge in [0.2, 0.25) is 5.91 Å². The minimum Gasteiger partial charge on any atom is -0.496 e. The molecule has 108 valence electrons. The number of primary amides is 1. The molecular weight excluding hydrogens is 256 g/mol. The molecule has 0 bridgehead atoms. The number of ether oxygens (including phenoxy) is 1. The second-order valence-electron chi connectivity index (χ2n) is 5.11. The number of hydrogen-bond acceptors (Lipinski definition) is 4. The third-order valence-electron chi connectivity index (χ3n) is 3.75. The van der Waals surface area contributed by atoms with Crippen LogP contribution < -0.4 is 10.5 Å². The van der Waals surface area contributed by atoms with Crippen LogP contribution in [0.1, 0.15) is 35.7 Å². The molecule has 5 nitrogen and oxygen atoms in total. The van der Waals surface area contributed by atoms with E-state index in [4.69, 9.17) is 10.5 Å². The largest absolute Gasteiger partial charge is 0.496 e. The maximum absolute atomic E-state index is 11.5. The lowest BCUT2D eigenvalue weighted by Gasteiger charge is -2.23. The topological polar surface area (TPSA) is 72.6 Å². The highest BCUT2D eigenvalue weighted by Crippen LogP contribution is 2.26. The molecule has 0 spiro atoms. The highest BCUT2D eigenvalue weighted by molar-refractivity contribution is 5.94. The normalized spacial score (nSPS) is 19.0. The minimum atomic E-state index is -0.288. The van der Waals surface area contributed by atoms with Crippen molar-refractivity contribution in [3.8, 4) is 5.75 Å². The first kappa shape index (κ1) is 14.5. The Hall–Kier alpha value is -1.88. The van der Waals surface area contributed by atoms with Crippen molar-refractivity contribution >= 4 is 11.7 Å². The monoisotopic (exact) mass is 276 g/mol. The van der Waals surface area contributed by atoms with E-state index in [9.17, 15) is 9.59 Å². The number of nitrogens with two attached hydrogens (primary N) is 1. The Morgan fingerprint density at radius 1 is 1.45 bits per heavy atom. The van der Waals surface area contributed by atoms with Gasteiger partial charge in [-0.05, 0) is 44.5 Å². The highest BCUT2D eigenvalue weighted by atomic mass is 16.5. The summed E-state index contributed by atoms with van der Waals surface area (Å²) in [5.74, 6) is 0.455. The van der Waals surface area contributed by atoms with Gasteiger partial charge in [-0.25, -0.2) is 0 Å². The van der Waals surface area contributed by atoms with E-state index in [-0.39, 0.29) is 17.7 Å². The number of carbonyl (C=O) groups is 2. The van der Waals surface area contributed by atoms with Gasteiger partial charge in [-0.2, -0.15) is 0 Å². The molecule has 0 radical (unpaired) electrons. The molecule has 1 saturated heterocycles. The number of rotatable bonds is 5. The first-order valence-corrected chi connectivity index (χ1v) is 6.74. The first-order chi connectivity index (χ1) is 9.52. The number of Topliss-reactive ketones (excluding diaryl/α,β-unsaturated/α-hetero) is 1. The molecule has 1 heterocycles. The average molecular weight is 276 g/mol. The van der Waals surface area contributed by atoms with Crippen molar-refractivity contribution in [2.24, 2.45) is 5.73 Å². The predicted molar refractivity (Wildman–Crippen MR) is 75.6 cm³/mol. The van der Waals surface area contributed by atoms with Crippen molar-refractivity contribution < 1.29 is 14.3 Å². The molecule has 1 atom stereocenters. The maximum atomic E-state index is 11.5. The van der Waals surface area contributed by atoms with E-state index in [1.165, 1.54) is 6.92 Å². The zero-order valence-electron chi connectivity index (χ0n) is 11.9. The van der Waals surface area contributed by atoms with E-state index in [0.717, 1.165) is 30.7 Å². The molecule has 1 fully saturated rings. The summed E-state index contributed by atoms with van der Waals surface area (Å²) in [6, 6.07) is 5.15. The van der Waals surface area contributed by atoms with Crippen molar-refractivity contribution in [2.75, 3.05) is 13.7 Å². The molecule has 2 rings (SSSR count). The zero-order valence-corrected chi connectivity index (χ0v) is 11.9. The highest BCUT2D eigenvalue weighted by Gasteiger charge is 2.29. The molecule has 0 aromatic heterocycles. The summed E-state index contributed by atoms with van der Waals surface area (Å²) in [5, 5.41) is 0. The van der Waals surface area contributed by atoms with Crippen molar-refractivity contribution in [1.82, 2.24) is 4.90 Å². The van der Waals surface area contributed by atoms with Gasteiger partial charge < -0.3 is 10.5 Å². The lowest BCUT2D eigenvalue weighted by Crippen LogP contribution is -2.39. The lowest BCUT2D eigenvalue weighted by molar-refractivity contribution is -0.122. The van der Waals surface area contributed by atoms with Crippen LogP contribution in [0.2, 0.25) is 0 Å². The Kier molecular flexibility index (Phi) is 4.39. The van der Waals surface area contributed by atoms with E-state index in [2.05, 4.69) is 0 Å². The summed E-state index contributed by atoms with van der Waals surface area (Å²) in [6.45, 7) is 2.94. The van der Waals surface area contributed by atoms with E-state index in [1.54, 1.807) is 19.2 Å². The molecule has 1 unspecified atom stereocenters. The molecule has 5 heteroatoms. The summed E-state index contributed by atoms with van der Waals surface area (Å²) < 4.78 is 5.33. The second-order valence-corrected chi connectivity index (χ2v) is 5.11. The van der Waals surface area contributed by atoms with E-state index < -0.39 is 0 Å². The van der Waals surface area contributed by atoms with Crippen LogP contribution in [0.5, 0.6) is 5.75 Å². The number of benzene rings is 1. The number of carbonyl (C=O) groups excluding carboxylic acids is 2. The minimum absolute atomic E-state index is 0.0155. The smallest absolute Gasteiger partial charge is 0.234 e. The predicted octanol–water partition coefficient (Wildman–Crippen LogP) is 1.35. The maximum Gasteiger partial charge on any atom is 0.234 e. The van der Waals surface area contributed by atoms with Crippen molar-refractivity contribution in [2.45, 2.75) is 32.4 Å². The van der Waals surface area contributed by atoms with Crippen LogP contribution in [0.25, 0.3) is 0 Å². The molecule has 0 saturated carbocycles. The van der Waals surface area contributed by atoms with Crippen LogP contribution in [0.4, 0.5) is 0 Å². The Morgan fingerprint density at radius 2 is 2.20 bits per heavy atom. The van der Waals surface area contributed by atoms with Crippen LogP contribution >= 0.6 is 0 Å². The average Bonchev–Trinajstić information content (AvgIpc) is 2.87. The molecule has 0 aliphatic carbocycles. The van der Waals surface area contributed by atoms with E-state index in [0.29, 0.717) is 12.1 Å². The van der Waals surface area contributed by atoms with Crippen LogP contribution in [-0.2, 0) is 11.3 Å². The number of nitrogens with zero attached hydrogens (tertiary/aromatic N) is 1. The third kappa shape index (κ3) is 2.99. The van der Waals surface area contributed by atoms with Gasteiger partial charge in [-0.1, -0.05) is 0 Å². The van der Waals surface area contributed by atoms with Gasteiger partial charge in [0.25, 0.3) is 0 Å². The molecule has 1 amide bonds. The molecule has 1 aliphatic heterocycles. The SMILES string of the molecule is COc1ccc(C(C)=O)cc1CN1CCCC1C(N)=O. The Morgan fingerprint density at radius 3 is 2.80 bits per heavy atom. The van der Waals surface area contributed by atoms with Crippen LogP contribution in [-0.4, -0.2) is 36.3 Å². The van der Waals surface area contributed by atoms with Crippen molar-refractivity contribution in [1.29, 1.82) is 0 Å².